The number of hydrazine groups is 1. The first-order valence-electron chi connectivity index (χ1n) is 5.85. The number of nitrogens with two attached hydrogens (primary N) is 1. The number of aromatic nitrogens is 3. The number of H-pyrrole nitrogens is 1. The molecule has 0 bridgehead atoms. The highest BCUT2D eigenvalue weighted by molar-refractivity contribution is 5.96. The maximum atomic E-state index is 12.1. The average molecular weight is 260 g/mol. The topological polar surface area (TPSA) is 109 Å². The van der Waals surface area contributed by atoms with Gasteiger partial charge in [-0.1, -0.05) is 0 Å². The molecule has 1 amide bonds. The van der Waals surface area contributed by atoms with Gasteiger partial charge in [-0.2, -0.15) is 5.10 Å². The number of nitrogens with one attached hydrogen (secondary N) is 3. The fourth-order valence-corrected chi connectivity index (χ4v) is 1.77. The molecule has 5 N–H and O–H groups in total. The maximum absolute atomic E-state index is 12.1. The van der Waals surface area contributed by atoms with E-state index in [1.54, 1.807) is 12.1 Å². The Morgan fingerprint density at radius 3 is 2.84 bits per heavy atom. The molecule has 19 heavy (non-hydrogen) atoms. The van der Waals surface area contributed by atoms with Gasteiger partial charge < -0.3 is 10.7 Å². The summed E-state index contributed by atoms with van der Waals surface area (Å²) in [5, 5.41) is 9.33. The molecular formula is C12H16N6O. The number of nitrogen functional groups attached to an aromatic ring is 1. The number of hydrogen-bond acceptors (Lipinski definition) is 5. The van der Waals surface area contributed by atoms with E-state index in [0.717, 1.165) is 11.3 Å². The molecule has 7 nitrogen and oxygen atoms in total. The maximum Gasteiger partial charge on any atom is 0.252 e. The fourth-order valence-electron chi connectivity index (χ4n) is 1.77. The SMILES string of the molecule is Cc1cc(NN)ccc1C(=O)NC(C)c1ncn[nH]1. The molecule has 0 saturated carbocycles. The van der Waals surface area contributed by atoms with Crippen LogP contribution < -0.4 is 16.6 Å². The lowest BCUT2D eigenvalue weighted by Gasteiger charge is -2.13. The number of rotatable bonds is 4. The van der Waals surface area contributed by atoms with Gasteiger partial charge in [0.05, 0.1) is 6.04 Å². The molecule has 1 unspecified atom stereocenters. The van der Waals surface area contributed by atoms with Crippen LogP contribution in [-0.2, 0) is 0 Å². The Hall–Kier alpha value is -2.41. The van der Waals surface area contributed by atoms with Crippen LogP contribution in [-0.4, -0.2) is 21.1 Å². The van der Waals surface area contributed by atoms with Crippen molar-refractivity contribution in [3.8, 4) is 0 Å². The van der Waals surface area contributed by atoms with Crippen molar-refractivity contribution < 1.29 is 4.79 Å². The standard InChI is InChI=1S/C12H16N6O/c1-7-5-9(17-13)3-4-10(7)12(19)16-8(2)11-14-6-15-18-11/h3-6,8,17H,13H2,1-2H3,(H,16,19)(H,14,15,18). The molecule has 0 aliphatic carbocycles. The highest BCUT2D eigenvalue weighted by atomic mass is 16.1. The van der Waals surface area contributed by atoms with Crippen molar-refractivity contribution in [2.24, 2.45) is 5.84 Å². The summed E-state index contributed by atoms with van der Waals surface area (Å²) in [5.41, 5.74) is 4.75. The number of nitrogens with zero attached hydrogens (tertiary/aromatic N) is 2. The van der Waals surface area contributed by atoms with Gasteiger partial charge in [-0.25, -0.2) is 4.98 Å². The van der Waals surface area contributed by atoms with E-state index in [9.17, 15) is 4.79 Å². The smallest absolute Gasteiger partial charge is 0.252 e. The molecule has 0 spiro atoms. The van der Waals surface area contributed by atoms with Crippen molar-refractivity contribution in [1.29, 1.82) is 0 Å². The van der Waals surface area contributed by atoms with E-state index in [1.165, 1.54) is 6.33 Å². The summed E-state index contributed by atoms with van der Waals surface area (Å²) in [4.78, 5) is 16.2. The van der Waals surface area contributed by atoms with Crippen LogP contribution in [0.3, 0.4) is 0 Å². The van der Waals surface area contributed by atoms with E-state index >= 15 is 0 Å². The number of anilines is 1. The minimum Gasteiger partial charge on any atom is -0.342 e. The zero-order chi connectivity index (χ0) is 13.8. The molecule has 2 aromatic rings. The van der Waals surface area contributed by atoms with Gasteiger partial charge in [-0.3, -0.25) is 15.7 Å². The number of hydrogen-bond donors (Lipinski definition) is 4. The molecule has 100 valence electrons. The summed E-state index contributed by atoms with van der Waals surface area (Å²) in [6.07, 6.45) is 1.41. The van der Waals surface area contributed by atoms with Crippen LogP contribution in [0.4, 0.5) is 5.69 Å². The summed E-state index contributed by atoms with van der Waals surface area (Å²) in [5.74, 6) is 5.77. The summed E-state index contributed by atoms with van der Waals surface area (Å²) in [6.45, 7) is 3.69. The number of amides is 1. The zero-order valence-corrected chi connectivity index (χ0v) is 10.8. The third-order valence-electron chi connectivity index (χ3n) is 2.83. The average Bonchev–Trinajstić information content (AvgIpc) is 2.92. The number of aryl methyl sites for hydroxylation is 1. The molecule has 0 saturated heterocycles. The number of benzene rings is 1. The van der Waals surface area contributed by atoms with E-state index in [0.29, 0.717) is 11.4 Å². The van der Waals surface area contributed by atoms with E-state index in [-0.39, 0.29) is 11.9 Å². The molecule has 7 heteroatoms. The first kappa shape index (κ1) is 13.0. The van der Waals surface area contributed by atoms with Gasteiger partial charge >= 0.3 is 0 Å². The number of carbonyl (C=O) groups is 1. The van der Waals surface area contributed by atoms with E-state index < -0.39 is 0 Å². The Kier molecular flexibility index (Phi) is 3.76. The van der Waals surface area contributed by atoms with Crippen LogP contribution in [0.25, 0.3) is 0 Å². The van der Waals surface area contributed by atoms with Crippen LogP contribution in [0.15, 0.2) is 24.5 Å². The molecule has 0 aliphatic heterocycles. The molecular weight excluding hydrogens is 244 g/mol. The fraction of sp³-hybridized carbons (Fsp3) is 0.250. The van der Waals surface area contributed by atoms with E-state index in [2.05, 4.69) is 25.9 Å². The van der Waals surface area contributed by atoms with Crippen LogP contribution in [0.5, 0.6) is 0 Å². The Labute approximate surface area is 110 Å². The highest BCUT2D eigenvalue weighted by Gasteiger charge is 2.15. The third-order valence-corrected chi connectivity index (χ3v) is 2.83. The number of carbonyl (C=O) groups excluding carboxylic acids is 1. The van der Waals surface area contributed by atoms with Gasteiger partial charge in [0.1, 0.15) is 12.2 Å². The van der Waals surface area contributed by atoms with Crippen molar-refractivity contribution in [2.45, 2.75) is 19.9 Å². The molecule has 0 fully saturated rings. The van der Waals surface area contributed by atoms with Crippen LogP contribution in [0, 0.1) is 6.92 Å². The summed E-state index contributed by atoms with van der Waals surface area (Å²) < 4.78 is 0. The van der Waals surface area contributed by atoms with Crippen molar-refractivity contribution in [2.75, 3.05) is 5.43 Å². The summed E-state index contributed by atoms with van der Waals surface area (Å²) in [6, 6.07) is 5.06. The minimum atomic E-state index is -0.235. The van der Waals surface area contributed by atoms with Gasteiger partial charge in [0.2, 0.25) is 0 Å². The number of aromatic amines is 1. The molecule has 0 radical (unpaired) electrons. The quantitative estimate of drug-likeness (QED) is 0.482. The monoisotopic (exact) mass is 260 g/mol. The second-order valence-corrected chi connectivity index (χ2v) is 4.24. The molecule has 1 aromatic carbocycles. The molecule has 1 atom stereocenters. The van der Waals surface area contributed by atoms with Crippen molar-refractivity contribution in [1.82, 2.24) is 20.5 Å². The Bertz CT molecular complexity index is 566. The Morgan fingerprint density at radius 2 is 2.26 bits per heavy atom. The third kappa shape index (κ3) is 2.89. The van der Waals surface area contributed by atoms with Gasteiger partial charge in [0.25, 0.3) is 5.91 Å². The highest BCUT2D eigenvalue weighted by Crippen LogP contribution is 2.15. The largest absolute Gasteiger partial charge is 0.342 e. The lowest BCUT2D eigenvalue weighted by molar-refractivity contribution is 0.0938. The predicted octanol–water partition coefficient (Wildman–Crippen LogP) is 0.890. The lowest BCUT2D eigenvalue weighted by Crippen LogP contribution is -2.28. The van der Waals surface area contributed by atoms with E-state index in [4.69, 9.17) is 5.84 Å². The Balaban J connectivity index is 2.12. The van der Waals surface area contributed by atoms with Gasteiger partial charge in [-0.05, 0) is 37.6 Å². The molecule has 0 aliphatic rings. The molecule has 1 aromatic heterocycles. The minimum absolute atomic E-state index is 0.162. The summed E-state index contributed by atoms with van der Waals surface area (Å²) in [7, 11) is 0. The second kappa shape index (κ2) is 5.49. The first-order chi connectivity index (χ1) is 9.11. The second-order valence-electron chi connectivity index (χ2n) is 4.24. The van der Waals surface area contributed by atoms with Crippen molar-refractivity contribution in [3.63, 3.8) is 0 Å². The molecule has 2 rings (SSSR count). The van der Waals surface area contributed by atoms with E-state index in [1.807, 2.05) is 19.9 Å². The van der Waals surface area contributed by atoms with Crippen molar-refractivity contribution in [3.05, 3.63) is 41.5 Å². The van der Waals surface area contributed by atoms with Crippen molar-refractivity contribution >= 4 is 11.6 Å². The Morgan fingerprint density at radius 1 is 1.47 bits per heavy atom. The van der Waals surface area contributed by atoms with Crippen LogP contribution >= 0.6 is 0 Å². The summed E-state index contributed by atoms with van der Waals surface area (Å²) >= 11 is 0. The van der Waals surface area contributed by atoms with Crippen LogP contribution in [0.1, 0.15) is 34.7 Å². The van der Waals surface area contributed by atoms with Gasteiger partial charge in [-0.15, -0.1) is 0 Å². The lowest BCUT2D eigenvalue weighted by atomic mass is 10.1. The van der Waals surface area contributed by atoms with Gasteiger partial charge in [0, 0.05) is 11.3 Å². The van der Waals surface area contributed by atoms with Gasteiger partial charge in [0.15, 0.2) is 0 Å². The predicted molar refractivity (Wildman–Crippen MR) is 71.3 cm³/mol. The zero-order valence-electron chi connectivity index (χ0n) is 10.8. The molecule has 1 heterocycles. The van der Waals surface area contributed by atoms with Crippen LogP contribution in [0.2, 0.25) is 0 Å². The normalized spacial score (nSPS) is 11.9. The first-order valence-corrected chi connectivity index (χ1v) is 5.85.